The van der Waals surface area contributed by atoms with E-state index in [-0.39, 0.29) is 11.0 Å². The second-order valence-corrected chi connectivity index (χ2v) is 5.88. The lowest BCUT2D eigenvalue weighted by Crippen LogP contribution is -2.53. The summed E-state index contributed by atoms with van der Waals surface area (Å²) in [4.78, 5) is 2.54. The minimum atomic E-state index is -0.118. The number of rotatable bonds is 7. The Kier molecular flexibility index (Phi) is 5.82. The molecule has 2 heteroatoms. The van der Waals surface area contributed by atoms with Crippen LogP contribution in [-0.2, 0) is 0 Å². The molecule has 0 spiro atoms. The smallest absolute Gasteiger partial charge is 0.0161 e. The molecule has 0 saturated carbocycles. The van der Waals surface area contributed by atoms with Crippen molar-refractivity contribution in [2.75, 3.05) is 19.6 Å². The molecule has 0 aromatic rings. The van der Waals surface area contributed by atoms with E-state index < -0.39 is 0 Å². The fourth-order valence-electron chi connectivity index (χ4n) is 1.67. The molecule has 0 rings (SSSR count). The second-order valence-electron chi connectivity index (χ2n) is 5.88. The van der Waals surface area contributed by atoms with Crippen molar-refractivity contribution in [2.24, 2.45) is 11.1 Å². The van der Waals surface area contributed by atoms with Crippen molar-refractivity contribution >= 4 is 0 Å². The lowest BCUT2D eigenvalue weighted by Gasteiger charge is -2.42. The van der Waals surface area contributed by atoms with E-state index in [9.17, 15) is 0 Å². The predicted octanol–water partition coefficient (Wildman–Crippen LogP) is 2.87. The molecule has 0 fully saturated rings. The largest absolute Gasteiger partial charge is 0.325 e. The van der Waals surface area contributed by atoms with E-state index in [1.807, 2.05) is 0 Å². The first-order chi connectivity index (χ1) is 6.74. The van der Waals surface area contributed by atoms with Crippen molar-refractivity contribution in [3.8, 4) is 0 Å². The maximum absolute atomic E-state index is 6.23. The zero-order valence-corrected chi connectivity index (χ0v) is 11.6. The van der Waals surface area contributed by atoms with Crippen molar-refractivity contribution in [3.05, 3.63) is 0 Å². The molecular formula is C13H30N2. The fraction of sp³-hybridized carbons (Fsp3) is 1.00. The van der Waals surface area contributed by atoms with Gasteiger partial charge in [-0.3, -0.25) is 0 Å². The molecule has 2 N–H and O–H groups in total. The fourth-order valence-corrected chi connectivity index (χ4v) is 1.67. The van der Waals surface area contributed by atoms with E-state index in [1.54, 1.807) is 0 Å². The van der Waals surface area contributed by atoms with Crippen molar-refractivity contribution < 1.29 is 0 Å². The molecular weight excluding hydrogens is 184 g/mol. The number of hydrogen-bond donors (Lipinski definition) is 1. The van der Waals surface area contributed by atoms with Gasteiger partial charge in [0.25, 0.3) is 0 Å². The minimum absolute atomic E-state index is 0.118. The molecule has 92 valence electrons. The zero-order chi connectivity index (χ0) is 12.1. The Morgan fingerprint density at radius 3 is 1.60 bits per heavy atom. The molecule has 2 nitrogen and oxygen atoms in total. The Morgan fingerprint density at radius 1 is 0.933 bits per heavy atom. The third kappa shape index (κ3) is 4.98. The summed E-state index contributed by atoms with van der Waals surface area (Å²) in [7, 11) is 0. The van der Waals surface area contributed by atoms with E-state index in [0.29, 0.717) is 0 Å². The Morgan fingerprint density at radius 2 is 1.33 bits per heavy atom. The average Bonchev–Trinajstić information content (AvgIpc) is 2.02. The summed E-state index contributed by atoms with van der Waals surface area (Å²) < 4.78 is 0. The van der Waals surface area contributed by atoms with Gasteiger partial charge in [-0.1, -0.05) is 27.7 Å². The molecule has 0 saturated heterocycles. The van der Waals surface area contributed by atoms with Crippen LogP contribution in [0.2, 0.25) is 0 Å². The van der Waals surface area contributed by atoms with Gasteiger partial charge in [0.2, 0.25) is 0 Å². The van der Waals surface area contributed by atoms with E-state index in [0.717, 1.165) is 6.54 Å². The molecule has 0 amide bonds. The van der Waals surface area contributed by atoms with Gasteiger partial charge in [-0.2, -0.15) is 0 Å². The van der Waals surface area contributed by atoms with Gasteiger partial charge in [-0.25, -0.2) is 0 Å². The standard InChI is InChI=1S/C13H30N2/c1-7-9-15(10-8-2)11-12(3,4)13(5,6)14/h7-11,14H2,1-6H3. The lowest BCUT2D eigenvalue weighted by molar-refractivity contribution is 0.113. The quantitative estimate of drug-likeness (QED) is 0.706. The minimum Gasteiger partial charge on any atom is -0.325 e. The molecule has 0 radical (unpaired) electrons. The molecule has 0 bridgehead atoms. The van der Waals surface area contributed by atoms with Crippen molar-refractivity contribution in [3.63, 3.8) is 0 Å². The molecule has 0 aromatic carbocycles. The van der Waals surface area contributed by atoms with Crippen LogP contribution in [0, 0.1) is 5.41 Å². The van der Waals surface area contributed by atoms with Crippen molar-refractivity contribution in [1.82, 2.24) is 4.90 Å². The van der Waals surface area contributed by atoms with Crippen LogP contribution in [0.15, 0.2) is 0 Å². The molecule has 0 atom stereocenters. The highest BCUT2D eigenvalue weighted by molar-refractivity contribution is 4.92. The van der Waals surface area contributed by atoms with E-state index in [1.165, 1.54) is 25.9 Å². The zero-order valence-electron chi connectivity index (χ0n) is 11.6. The Labute approximate surface area is 96.2 Å². The predicted molar refractivity (Wildman–Crippen MR) is 69.1 cm³/mol. The maximum Gasteiger partial charge on any atom is 0.0161 e. The van der Waals surface area contributed by atoms with Crippen LogP contribution in [0.25, 0.3) is 0 Å². The van der Waals surface area contributed by atoms with Crippen molar-refractivity contribution in [2.45, 2.75) is 59.9 Å². The average molecular weight is 214 g/mol. The highest BCUT2D eigenvalue weighted by Crippen LogP contribution is 2.29. The SMILES string of the molecule is CCCN(CCC)CC(C)(C)C(C)(C)N. The van der Waals surface area contributed by atoms with Crippen LogP contribution < -0.4 is 5.73 Å². The third-order valence-electron chi connectivity index (χ3n) is 3.44. The van der Waals surface area contributed by atoms with Gasteiger partial charge in [0.1, 0.15) is 0 Å². The molecule has 0 aliphatic rings. The summed E-state index contributed by atoms with van der Waals surface area (Å²) >= 11 is 0. The van der Waals surface area contributed by atoms with Crippen LogP contribution in [-0.4, -0.2) is 30.1 Å². The molecule has 0 aromatic heterocycles. The van der Waals surface area contributed by atoms with Crippen LogP contribution in [0.1, 0.15) is 54.4 Å². The van der Waals surface area contributed by atoms with Gasteiger partial charge in [0, 0.05) is 12.1 Å². The Balaban J connectivity index is 4.37. The first-order valence-corrected chi connectivity index (χ1v) is 6.26. The molecule has 0 aliphatic carbocycles. The molecule has 15 heavy (non-hydrogen) atoms. The Bertz CT molecular complexity index is 162. The maximum atomic E-state index is 6.23. The summed E-state index contributed by atoms with van der Waals surface area (Å²) in [6.45, 7) is 16.7. The van der Waals surface area contributed by atoms with Crippen molar-refractivity contribution in [1.29, 1.82) is 0 Å². The van der Waals surface area contributed by atoms with E-state index in [2.05, 4.69) is 46.4 Å². The molecule has 0 heterocycles. The highest BCUT2D eigenvalue weighted by atomic mass is 15.1. The van der Waals surface area contributed by atoms with E-state index in [4.69, 9.17) is 5.73 Å². The summed E-state index contributed by atoms with van der Waals surface area (Å²) in [5.74, 6) is 0. The summed E-state index contributed by atoms with van der Waals surface area (Å²) in [6, 6.07) is 0. The number of hydrogen-bond acceptors (Lipinski definition) is 2. The van der Waals surface area contributed by atoms with E-state index >= 15 is 0 Å². The Hall–Kier alpha value is -0.0800. The monoisotopic (exact) mass is 214 g/mol. The first-order valence-electron chi connectivity index (χ1n) is 6.26. The lowest BCUT2D eigenvalue weighted by atomic mass is 9.75. The first kappa shape index (κ1) is 14.9. The normalized spacial score (nSPS) is 13.6. The molecule has 0 unspecified atom stereocenters. The summed E-state index contributed by atoms with van der Waals surface area (Å²) in [5, 5.41) is 0. The van der Waals surface area contributed by atoms with Gasteiger partial charge >= 0.3 is 0 Å². The van der Waals surface area contributed by atoms with Crippen LogP contribution >= 0.6 is 0 Å². The number of nitrogens with zero attached hydrogens (tertiary/aromatic N) is 1. The molecule has 0 aliphatic heterocycles. The second kappa shape index (κ2) is 5.86. The van der Waals surface area contributed by atoms with Crippen LogP contribution in [0.5, 0.6) is 0 Å². The summed E-state index contributed by atoms with van der Waals surface area (Å²) in [5.41, 5.74) is 6.27. The van der Waals surface area contributed by atoms with Gasteiger partial charge in [-0.15, -0.1) is 0 Å². The van der Waals surface area contributed by atoms with Gasteiger partial charge in [-0.05, 0) is 45.2 Å². The topological polar surface area (TPSA) is 29.3 Å². The number of nitrogens with two attached hydrogens (primary N) is 1. The van der Waals surface area contributed by atoms with Gasteiger partial charge in [0.15, 0.2) is 0 Å². The third-order valence-corrected chi connectivity index (χ3v) is 3.44. The van der Waals surface area contributed by atoms with Gasteiger partial charge in [0.05, 0.1) is 0 Å². The van der Waals surface area contributed by atoms with Crippen LogP contribution in [0.4, 0.5) is 0 Å². The van der Waals surface area contributed by atoms with Crippen LogP contribution in [0.3, 0.4) is 0 Å². The van der Waals surface area contributed by atoms with Gasteiger partial charge < -0.3 is 10.6 Å². The highest BCUT2D eigenvalue weighted by Gasteiger charge is 2.34. The summed E-state index contributed by atoms with van der Waals surface area (Å²) in [6.07, 6.45) is 2.45.